The van der Waals surface area contributed by atoms with Crippen molar-refractivity contribution in [3.05, 3.63) is 29.3 Å². The molecule has 1 fully saturated rings. The van der Waals surface area contributed by atoms with Crippen LogP contribution in [0.5, 0.6) is 0 Å². The summed E-state index contributed by atoms with van der Waals surface area (Å²) in [7, 11) is 0. The third-order valence-corrected chi connectivity index (χ3v) is 3.50. The second-order valence-corrected chi connectivity index (χ2v) is 5.20. The van der Waals surface area contributed by atoms with Crippen molar-refractivity contribution in [2.45, 2.75) is 31.9 Å². The van der Waals surface area contributed by atoms with Gasteiger partial charge in [-0.1, -0.05) is 0 Å². The number of morpholine rings is 1. The lowest BCUT2D eigenvalue weighted by Crippen LogP contribution is -2.48. The minimum atomic E-state index is -4.38. The number of aliphatic hydroxyl groups is 1. The number of hydrogen-bond acceptors (Lipinski definition) is 4. The zero-order valence-corrected chi connectivity index (χ0v) is 11.7. The summed E-state index contributed by atoms with van der Waals surface area (Å²) in [6, 6.07) is 3.59. The predicted octanol–water partition coefficient (Wildman–Crippen LogP) is 1.75. The van der Waals surface area contributed by atoms with Gasteiger partial charge in [0, 0.05) is 25.3 Å². The standard InChI is InChI=1S/C14H19F3N2O2/c1-9-6-19(7-12(8-20)21-9)13-3-2-11(14(15,16)17)4-10(13)5-18/h2-4,9,12,20H,5-8,18H2,1H3. The van der Waals surface area contributed by atoms with Crippen LogP contribution in [0.15, 0.2) is 18.2 Å². The highest BCUT2D eigenvalue weighted by Crippen LogP contribution is 2.33. The molecule has 0 spiro atoms. The molecule has 1 aromatic rings. The molecular weight excluding hydrogens is 285 g/mol. The fourth-order valence-corrected chi connectivity index (χ4v) is 2.58. The summed E-state index contributed by atoms with van der Waals surface area (Å²) in [5.41, 5.74) is 6.00. The van der Waals surface area contributed by atoms with E-state index in [9.17, 15) is 18.3 Å². The summed E-state index contributed by atoms with van der Waals surface area (Å²) in [5.74, 6) is 0. The van der Waals surface area contributed by atoms with Crippen LogP contribution < -0.4 is 10.6 Å². The Balaban J connectivity index is 2.30. The van der Waals surface area contributed by atoms with Crippen molar-refractivity contribution < 1.29 is 23.0 Å². The molecule has 0 radical (unpaired) electrons. The van der Waals surface area contributed by atoms with Crippen molar-refractivity contribution in [3.8, 4) is 0 Å². The predicted molar refractivity (Wildman–Crippen MR) is 73.0 cm³/mol. The lowest BCUT2D eigenvalue weighted by atomic mass is 10.1. The Kier molecular flexibility index (Phi) is 4.75. The van der Waals surface area contributed by atoms with E-state index in [2.05, 4.69) is 0 Å². The van der Waals surface area contributed by atoms with Gasteiger partial charge < -0.3 is 20.5 Å². The molecule has 2 rings (SSSR count). The molecule has 1 saturated heterocycles. The third-order valence-electron chi connectivity index (χ3n) is 3.50. The minimum Gasteiger partial charge on any atom is -0.394 e. The number of anilines is 1. The average Bonchev–Trinajstić information content (AvgIpc) is 2.44. The summed E-state index contributed by atoms with van der Waals surface area (Å²) in [4.78, 5) is 1.91. The fraction of sp³-hybridized carbons (Fsp3) is 0.571. The van der Waals surface area contributed by atoms with E-state index in [1.54, 1.807) is 0 Å². The summed E-state index contributed by atoms with van der Waals surface area (Å²) in [6.45, 7) is 2.74. The first-order valence-electron chi connectivity index (χ1n) is 6.76. The number of halogens is 3. The highest BCUT2D eigenvalue weighted by molar-refractivity contribution is 5.56. The Hall–Kier alpha value is -1.31. The summed E-state index contributed by atoms with van der Waals surface area (Å²) in [6.07, 6.45) is -4.83. The first kappa shape index (κ1) is 16.1. The van der Waals surface area contributed by atoms with Crippen molar-refractivity contribution in [2.75, 3.05) is 24.6 Å². The van der Waals surface area contributed by atoms with Gasteiger partial charge in [-0.05, 0) is 30.7 Å². The maximum Gasteiger partial charge on any atom is 0.416 e. The van der Waals surface area contributed by atoms with Gasteiger partial charge in [0.25, 0.3) is 0 Å². The lowest BCUT2D eigenvalue weighted by molar-refractivity contribution is -0.137. The van der Waals surface area contributed by atoms with Gasteiger partial charge >= 0.3 is 6.18 Å². The number of alkyl halides is 3. The van der Waals surface area contributed by atoms with Crippen LogP contribution in [0, 0.1) is 0 Å². The molecule has 1 aromatic carbocycles. The molecule has 3 N–H and O–H groups in total. The maximum atomic E-state index is 12.7. The largest absolute Gasteiger partial charge is 0.416 e. The molecule has 2 atom stereocenters. The first-order chi connectivity index (χ1) is 9.85. The second-order valence-electron chi connectivity index (χ2n) is 5.20. The number of ether oxygens (including phenoxy) is 1. The molecule has 1 aliphatic heterocycles. The van der Waals surface area contributed by atoms with E-state index >= 15 is 0 Å². The molecule has 2 unspecified atom stereocenters. The fourth-order valence-electron chi connectivity index (χ4n) is 2.58. The van der Waals surface area contributed by atoms with Crippen molar-refractivity contribution in [3.63, 3.8) is 0 Å². The van der Waals surface area contributed by atoms with Crippen LogP contribution in [0.2, 0.25) is 0 Å². The van der Waals surface area contributed by atoms with Crippen LogP contribution >= 0.6 is 0 Å². The Bertz CT molecular complexity index is 494. The summed E-state index contributed by atoms with van der Waals surface area (Å²) in [5, 5.41) is 9.23. The number of benzene rings is 1. The van der Waals surface area contributed by atoms with Gasteiger partial charge in [-0.2, -0.15) is 13.2 Å². The molecular formula is C14H19F3N2O2. The molecule has 7 heteroatoms. The zero-order valence-electron chi connectivity index (χ0n) is 11.7. The van der Waals surface area contributed by atoms with Gasteiger partial charge in [-0.25, -0.2) is 0 Å². The van der Waals surface area contributed by atoms with E-state index in [0.717, 1.165) is 12.1 Å². The number of hydrogen-bond donors (Lipinski definition) is 2. The van der Waals surface area contributed by atoms with Crippen LogP contribution in [0.1, 0.15) is 18.1 Å². The Morgan fingerprint density at radius 3 is 2.67 bits per heavy atom. The molecule has 0 aromatic heterocycles. The van der Waals surface area contributed by atoms with Crippen LogP contribution in [-0.2, 0) is 17.5 Å². The highest BCUT2D eigenvalue weighted by Gasteiger charge is 2.32. The normalized spacial score (nSPS) is 23.4. The third kappa shape index (κ3) is 3.66. The van der Waals surface area contributed by atoms with Gasteiger partial charge in [0.1, 0.15) is 0 Å². The van der Waals surface area contributed by atoms with Gasteiger partial charge in [-0.3, -0.25) is 0 Å². The molecule has 1 heterocycles. The molecule has 21 heavy (non-hydrogen) atoms. The molecule has 0 saturated carbocycles. The van der Waals surface area contributed by atoms with Crippen molar-refractivity contribution in [1.29, 1.82) is 0 Å². The molecule has 4 nitrogen and oxygen atoms in total. The highest BCUT2D eigenvalue weighted by atomic mass is 19.4. The topological polar surface area (TPSA) is 58.7 Å². The van der Waals surface area contributed by atoms with Gasteiger partial charge in [-0.15, -0.1) is 0 Å². The second kappa shape index (κ2) is 6.21. The van der Waals surface area contributed by atoms with Crippen molar-refractivity contribution >= 4 is 5.69 Å². The number of aliphatic hydroxyl groups excluding tert-OH is 1. The van der Waals surface area contributed by atoms with Crippen molar-refractivity contribution in [2.24, 2.45) is 5.73 Å². The first-order valence-corrected chi connectivity index (χ1v) is 6.76. The zero-order chi connectivity index (χ0) is 15.6. The van der Waals surface area contributed by atoms with Crippen LogP contribution in [0.3, 0.4) is 0 Å². The smallest absolute Gasteiger partial charge is 0.394 e. The molecule has 1 aliphatic rings. The Morgan fingerprint density at radius 2 is 2.10 bits per heavy atom. The monoisotopic (exact) mass is 304 g/mol. The molecule has 0 aliphatic carbocycles. The van der Waals surface area contributed by atoms with E-state index in [-0.39, 0.29) is 25.4 Å². The van der Waals surface area contributed by atoms with E-state index in [1.165, 1.54) is 6.07 Å². The lowest BCUT2D eigenvalue weighted by Gasteiger charge is -2.38. The Morgan fingerprint density at radius 1 is 1.38 bits per heavy atom. The van der Waals surface area contributed by atoms with Crippen LogP contribution in [-0.4, -0.2) is 37.0 Å². The van der Waals surface area contributed by atoms with Gasteiger partial charge in [0.15, 0.2) is 0 Å². The van der Waals surface area contributed by atoms with E-state index in [1.807, 2.05) is 11.8 Å². The minimum absolute atomic E-state index is 0.0226. The van der Waals surface area contributed by atoms with E-state index in [4.69, 9.17) is 10.5 Å². The van der Waals surface area contributed by atoms with Gasteiger partial charge in [0.2, 0.25) is 0 Å². The van der Waals surface area contributed by atoms with Crippen LogP contribution in [0.4, 0.5) is 18.9 Å². The SMILES string of the molecule is CC1CN(c2ccc(C(F)(F)F)cc2CN)CC(CO)O1. The number of nitrogens with zero attached hydrogens (tertiary/aromatic N) is 1. The summed E-state index contributed by atoms with van der Waals surface area (Å²) < 4.78 is 43.8. The average molecular weight is 304 g/mol. The van der Waals surface area contributed by atoms with E-state index in [0.29, 0.717) is 24.3 Å². The van der Waals surface area contributed by atoms with Gasteiger partial charge in [0.05, 0.1) is 24.4 Å². The quantitative estimate of drug-likeness (QED) is 0.893. The Labute approximate surface area is 121 Å². The number of nitrogens with two attached hydrogens (primary N) is 1. The van der Waals surface area contributed by atoms with Crippen LogP contribution in [0.25, 0.3) is 0 Å². The molecule has 0 amide bonds. The molecule has 0 bridgehead atoms. The maximum absolute atomic E-state index is 12.7. The molecule has 118 valence electrons. The number of rotatable bonds is 3. The van der Waals surface area contributed by atoms with Crippen molar-refractivity contribution in [1.82, 2.24) is 0 Å². The summed E-state index contributed by atoms with van der Waals surface area (Å²) >= 11 is 0. The van der Waals surface area contributed by atoms with E-state index < -0.39 is 11.7 Å².